The molecule has 30 heavy (non-hydrogen) atoms. The van der Waals surface area contributed by atoms with E-state index in [1.54, 1.807) is 11.4 Å². The van der Waals surface area contributed by atoms with Gasteiger partial charge in [0.15, 0.2) is 5.16 Å². The third-order valence-corrected chi connectivity index (χ3v) is 6.64. The Balaban J connectivity index is 1.49. The van der Waals surface area contributed by atoms with Crippen LogP contribution in [0.25, 0.3) is 11.3 Å². The first kappa shape index (κ1) is 20.6. The van der Waals surface area contributed by atoms with Crippen molar-refractivity contribution < 1.29 is 14.3 Å². The molecule has 0 saturated carbocycles. The normalized spacial score (nSPS) is 15.9. The van der Waals surface area contributed by atoms with Crippen LogP contribution in [0.4, 0.5) is 5.00 Å². The zero-order valence-corrected chi connectivity index (χ0v) is 17.9. The van der Waals surface area contributed by atoms with Crippen LogP contribution in [0, 0.1) is 0 Å². The van der Waals surface area contributed by atoms with E-state index in [-0.39, 0.29) is 17.8 Å². The van der Waals surface area contributed by atoms with E-state index in [1.165, 1.54) is 23.1 Å². The molecule has 156 valence electrons. The summed E-state index contributed by atoms with van der Waals surface area (Å²) in [4.78, 5) is 28.5. The van der Waals surface area contributed by atoms with E-state index in [1.807, 2.05) is 36.5 Å². The van der Waals surface area contributed by atoms with Gasteiger partial charge in [-0.25, -0.2) is 4.98 Å². The van der Waals surface area contributed by atoms with E-state index in [0.29, 0.717) is 17.1 Å². The number of primary amides is 1. The maximum absolute atomic E-state index is 12.5. The Kier molecular flexibility index (Phi) is 6.51. The van der Waals surface area contributed by atoms with Crippen LogP contribution < -0.4 is 11.1 Å². The van der Waals surface area contributed by atoms with Gasteiger partial charge in [-0.2, -0.15) is 0 Å². The third kappa shape index (κ3) is 4.75. The topological polar surface area (TPSA) is 99.2 Å². The predicted octanol–water partition coefficient (Wildman–Crippen LogP) is 3.62. The number of thioether (sulfide) groups is 1. The van der Waals surface area contributed by atoms with Crippen molar-refractivity contribution in [1.82, 2.24) is 9.55 Å². The lowest BCUT2D eigenvalue weighted by atomic mass is 10.1. The van der Waals surface area contributed by atoms with E-state index < -0.39 is 5.91 Å². The zero-order chi connectivity index (χ0) is 20.9. The lowest BCUT2D eigenvalue weighted by Gasteiger charge is -2.16. The first-order chi connectivity index (χ1) is 14.6. The van der Waals surface area contributed by atoms with E-state index in [4.69, 9.17) is 10.5 Å². The number of anilines is 1. The van der Waals surface area contributed by atoms with Crippen LogP contribution in [-0.4, -0.2) is 39.8 Å². The van der Waals surface area contributed by atoms with E-state index in [0.717, 1.165) is 35.9 Å². The molecule has 1 aromatic carbocycles. The second-order valence-corrected chi connectivity index (χ2v) is 8.76. The average Bonchev–Trinajstić information content (AvgIpc) is 3.49. The Morgan fingerprint density at radius 1 is 1.30 bits per heavy atom. The van der Waals surface area contributed by atoms with Gasteiger partial charge in [0.2, 0.25) is 5.91 Å². The van der Waals surface area contributed by atoms with Gasteiger partial charge in [-0.1, -0.05) is 42.1 Å². The summed E-state index contributed by atoms with van der Waals surface area (Å²) in [6, 6.07) is 11.7. The number of ether oxygens (including phenoxy) is 1. The molecule has 1 atom stereocenters. The average molecular weight is 443 g/mol. The SMILES string of the molecule is NC(=O)c1ccsc1NC(=O)CSc1ncc(-c2ccccc2)n1CC1CCCO1. The molecule has 3 aromatic rings. The summed E-state index contributed by atoms with van der Waals surface area (Å²) in [6.45, 7) is 1.48. The number of rotatable bonds is 8. The van der Waals surface area contributed by atoms with E-state index >= 15 is 0 Å². The number of nitrogens with two attached hydrogens (primary N) is 1. The molecule has 1 fully saturated rings. The predicted molar refractivity (Wildman–Crippen MR) is 119 cm³/mol. The molecule has 1 aliphatic rings. The molecule has 2 aromatic heterocycles. The molecule has 0 aliphatic carbocycles. The third-order valence-electron chi connectivity index (χ3n) is 4.81. The van der Waals surface area contributed by atoms with Crippen molar-refractivity contribution in [3.8, 4) is 11.3 Å². The summed E-state index contributed by atoms with van der Waals surface area (Å²) in [5, 5.41) is 5.73. The summed E-state index contributed by atoms with van der Waals surface area (Å²) in [7, 11) is 0. The van der Waals surface area contributed by atoms with Gasteiger partial charge >= 0.3 is 0 Å². The Hall–Kier alpha value is -2.62. The largest absolute Gasteiger partial charge is 0.376 e. The van der Waals surface area contributed by atoms with E-state index in [9.17, 15) is 9.59 Å². The highest BCUT2D eigenvalue weighted by Gasteiger charge is 2.21. The van der Waals surface area contributed by atoms with Crippen LogP contribution in [0.15, 0.2) is 53.1 Å². The van der Waals surface area contributed by atoms with Crippen molar-refractivity contribution in [1.29, 1.82) is 0 Å². The number of hydrogen-bond acceptors (Lipinski definition) is 6. The van der Waals surface area contributed by atoms with Crippen LogP contribution in [0.5, 0.6) is 0 Å². The summed E-state index contributed by atoms with van der Waals surface area (Å²) < 4.78 is 7.95. The van der Waals surface area contributed by atoms with Gasteiger partial charge in [-0.05, 0) is 29.9 Å². The van der Waals surface area contributed by atoms with Crippen LogP contribution in [0.2, 0.25) is 0 Å². The molecule has 7 nitrogen and oxygen atoms in total. The highest BCUT2D eigenvalue weighted by molar-refractivity contribution is 7.99. The van der Waals surface area contributed by atoms with Crippen molar-refractivity contribution in [3.63, 3.8) is 0 Å². The fraction of sp³-hybridized carbons (Fsp3) is 0.286. The molecule has 1 saturated heterocycles. The molecule has 4 rings (SSSR count). The molecule has 0 radical (unpaired) electrons. The smallest absolute Gasteiger partial charge is 0.251 e. The molecule has 9 heteroatoms. The monoisotopic (exact) mass is 442 g/mol. The first-order valence-electron chi connectivity index (χ1n) is 9.64. The number of carbonyl (C=O) groups excluding carboxylic acids is 2. The van der Waals surface area contributed by atoms with Crippen LogP contribution in [0.1, 0.15) is 23.2 Å². The van der Waals surface area contributed by atoms with Crippen LogP contribution in [0.3, 0.4) is 0 Å². The summed E-state index contributed by atoms with van der Waals surface area (Å²) in [5.74, 6) is -0.593. The van der Waals surface area contributed by atoms with Crippen molar-refractivity contribution in [2.45, 2.75) is 30.6 Å². The fourth-order valence-electron chi connectivity index (χ4n) is 3.37. The van der Waals surface area contributed by atoms with Gasteiger partial charge in [-0.3, -0.25) is 9.59 Å². The summed E-state index contributed by atoms with van der Waals surface area (Å²) in [6.07, 6.45) is 4.08. The first-order valence-corrected chi connectivity index (χ1v) is 11.5. The van der Waals surface area contributed by atoms with Gasteiger partial charge in [0.1, 0.15) is 5.00 Å². The number of aromatic nitrogens is 2. The maximum atomic E-state index is 12.5. The number of nitrogens with zero attached hydrogens (tertiary/aromatic N) is 2. The Bertz CT molecular complexity index is 1030. The highest BCUT2D eigenvalue weighted by atomic mass is 32.2. The zero-order valence-electron chi connectivity index (χ0n) is 16.2. The number of carbonyl (C=O) groups is 2. The Morgan fingerprint density at radius 3 is 2.87 bits per heavy atom. The number of thiophene rings is 1. The van der Waals surface area contributed by atoms with Gasteiger partial charge in [0.25, 0.3) is 5.91 Å². The summed E-state index contributed by atoms with van der Waals surface area (Å²) in [5.41, 5.74) is 7.74. The van der Waals surface area contributed by atoms with Crippen molar-refractivity contribution >= 4 is 39.9 Å². The molecule has 0 spiro atoms. The van der Waals surface area contributed by atoms with Gasteiger partial charge in [-0.15, -0.1) is 11.3 Å². The van der Waals surface area contributed by atoms with Crippen molar-refractivity contribution in [3.05, 3.63) is 53.5 Å². The second kappa shape index (κ2) is 9.46. The molecule has 0 bridgehead atoms. The lowest BCUT2D eigenvalue weighted by molar-refractivity contribution is -0.113. The van der Waals surface area contributed by atoms with Crippen molar-refractivity contribution in [2.24, 2.45) is 5.73 Å². The lowest BCUT2D eigenvalue weighted by Crippen LogP contribution is -2.19. The molecular formula is C21H22N4O3S2. The molecular weight excluding hydrogens is 420 g/mol. The minimum Gasteiger partial charge on any atom is -0.376 e. The number of amides is 2. The number of hydrogen-bond donors (Lipinski definition) is 2. The van der Waals surface area contributed by atoms with Crippen LogP contribution in [-0.2, 0) is 16.1 Å². The minimum absolute atomic E-state index is 0.152. The Morgan fingerprint density at radius 2 is 2.13 bits per heavy atom. The Labute approximate surface area is 182 Å². The standard InChI is InChI=1S/C21H22N4O3S2/c22-19(27)16-8-10-29-20(16)24-18(26)13-30-21-23-11-17(14-5-2-1-3-6-14)25(21)12-15-7-4-9-28-15/h1-3,5-6,8,10-11,15H,4,7,9,12-13H2,(H2,22,27)(H,24,26). The molecule has 3 N–H and O–H groups in total. The van der Waals surface area contributed by atoms with E-state index in [2.05, 4.69) is 14.9 Å². The maximum Gasteiger partial charge on any atom is 0.251 e. The van der Waals surface area contributed by atoms with Gasteiger partial charge in [0, 0.05) is 6.61 Å². The molecule has 2 amide bonds. The minimum atomic E-state index is -0.557. The quantitative estimate of drug-likeness (QED) is 0.519. The number of nitrogens with one attached hydrogen (secondary N) is 1. The van der Waals surface area contributed by atoms with Gasteiger partial charge < -0.3 is 20.4 Å². The number of imidazole rings is 1. The highest BCUT2D eigenvalue weighted by Crippen LogP contribution is 2.29. The molecule has 3 heterocycles. The molecule has 1 unspecified atom stereocenters. The van der Waals surface area contributed by atoms with Gasteiger partial charge in [0.05, 0.1) is 35.9 Å². The molecule has 1 aliphatic heterocycles. The summed E-state index contributed by atoms with van der Waals surface area (Å²) >= 11 is 2.64. The fourth-order valence-corrected chi connectivity index (χ4v) is 4.97. The second-order valence-electron chi connectivity index (χ2n) is 6.90. The number of benzene rings is 1. The van der Waals surface area contributed by atoms with Crippen molar-refractivity contribution in [2.75, 3.05) is 17.7 Å². The van der Waals surface area contributed by atoms with Crippen LogP contribution >= 0.6 is 23.1 Å².